The number of nitrogens with zero attached hydrogens (tertiary/aromatic N) is 4. The van der Waals surface area contributed by atoms with Gasteiger partial charge < -0.3 is 15.0 Å². The largest absolute Gasteiger partial charge is 0.444 e. The molecule has 3 aromatic rings. The Kier molecular flexibility index (Phi) is 5.06. The molecule has 0 unspecified atom stereocenters. The van der Waals surface area contributed by atoms with Crippen molar-refractivity contribution >= 4 is 17.6 Å². The Labute approximate surface area is 193 Å². The summed E-state index contributed by atoms with van der Waals surface area (Å²) in [6.45, 7) is 7.90. The first-order chi connectivity index (χ1) is 15.6. The predicted octanol–water partition coefficient (Wildman–Crippen LogP) is 4.82. The minimum atomic E-state index is -1.21. The molecule has 0 bridgehead atoms. The Balaban J connectivity index is 1.32. The number of pyridine rings is 2. The number of amides is 1. The van der Waals surface area contributed by atoms with Crippen molar-refractivity contribution in [1.82, 2.24) is 19.3 Å². The summed E-state index contributed by atoms with van der Waals surface area (Å²) in [7, 11) is 0. The van der Waals surface area contributed by atoms with Crippen LogP contribution in [0.5, 0.6) is 0 Å². The van der Waals surface area contributed by atoms with Crippen molar-refractivity contribution in [3.63, 3.8) is 0 Å². The van der Waals surface area contributed by atoms with Gasteiger partial charge in [0.15, 0.2) is 0 Å². The van der Waals surface area contributed by atoms with Crippen molar-refractivity contribution < 1.29 is 13.9 Å². The summed E-state index contributed by atoms with van der Waals surface area (Å²) < 4.78 is 22.1. The number of halogens is 1. The van der Waals surface area contributed by atoms with E-state index >= 15 is 0 Å². The zero-order valence-corrected chi connectivity index (χ0v) is 19.5. The first-order valence-corrected chi connectivity index (χ1v) is 11.4. The predicted molar refractivity (Wildman–Crippen MR) is 125 cm³/mol. The fraction of sp³-hybridized carbons (Fsp3) is 0.480. The first-order valence-electron chi connectivity index (χ1n) is 11.4. The fourth-order valence-electron chi connectivity index (χ4n) is 4.25. The van der Waals surface area contributed by atoms with E-state index in [1.807, 2.05) is 35.0 Å². The van der Waals surface area contributed by atoms with Gasteiger partial charge in [-0.3, -0.25) is 4.40 Å². The van der Waals surface area contributed by atoms with Crippen LogP contribution in [0.3, 0.4) is 0 Å². The molecule has 1 amide bonds. The van der Waals surface area contributed by atoms with Gasteiger partial charge in [-0.2, -0.15) is 0 Å². The van der Waals surface area contributed by atoms with Crippen molar-refractivity contribution in [3.05, 3.63) is 48.3 Å². The molecule has 5 rings (SSSR count). The van der Waals surface area contributed by atoms with E-state index < -0.39 is 23.9 Å². The standard InChI is InChI=1S/C25H30FN5O2/c1-24(2,3)33-23(32)30-14-17(26)19(15-30)29-21-7-5-6-18(28-21)20-13-27-22-12-16(8-11-31(20)22)25(4)9-10-25/h5-8,11-13,17,19H,9-10,14-15H2,1-4H3,(H,28,29)/t17-,19-/m0/s1. The average Bonchev–Trinajstić information content (AvgIpc) is 3.20. The van der Waals surface area contributed by atoms with E-state index in [1.165, 1.54) is 23.3 Å². The number of fused-ring (bicyclic) bond motifs is 1. The van der Waals surface area contributed by atoms with Crippen LogP contribution >= 0.6 is 0 Å². The number of hydrogen-bond donors (Lipinski definition) is 1. The SMILES string of the molecule is CC(C)(C)OC(=O)N1C[C@H](Nc2cccc(-c3cnc4cc(C5(C)CC5)ccn34)n2)[C@@H](F)C1. The second-order valence-electron chi connectivity index (χ2n) is 10.4. The summed E-state index contributed by atoms with van der Waals surface area (Å²) in [5.41, 5.74) is 3.50. The Hall–Kier alpha value is -3.16. The van der Waals surface area contributed by atoms with E-state index in [0.29, 0.717) is 5.82 Å². The zero-order chi connectivity index (χ0) is 23.4. The van der Waals surface area contributed by atoms with Gasteiger partial charge in [0.05, 0.1) is 30.2 Å². The Morgan fingerprint density at radius 1 is 1.24 bits per heavy atom. The Morgan fingerprint density at radius 3 is 2.76 bits per heavy atom. The topological polar surface area (TPSA) is 71.8 Å². The minimum Gasteiger partial charge on any atom is -0.444 e. The van der Waals surface area contributed by atoms with Crippen LogP contribution in [0.4, 0.5) is 15.0 Å². The van der Waals surface area contributed by atoms with Crippen LogP contribution in [0, 0.1) is 0 Å². The van der Waals surface area contributed by atoms with E-state index in [1.54, 1.807) is 20.8 Å². The van der Waals surface area contributed by atoms with Crippen LogP contribution in [0.25, 0.3) is 17.0 Å². The molecule has 0 aromatic carbocycles. The minimum absolute atomic E-state index is 0.000778. The third-order valence-electron chi connectivity index (χ3n) is 6.46. The maximum Gasteiger partial charge on any atom is 0.410 e. The molecule has 33 heavy (non-hydrogen) atoms. The number of carbonyl (C=O) groups is 1. The van der Waals surface area contributed by atoms with Crippen LogP contribution in [-0.2, 0) is 10.2 Å². The van der Waals surface area contributed by atoms with Crippen LogP contribution in [0.2, 0.25) is 0 Å². The van der Waals surface area contributed by atoms with E-state index in [-0.39, 0.29) is 18.5 Å². The Bertz CT molecular complexity index is 1200. The number of rotatable bonds is 4. The number of imidazole rings is 1. The Morgan fingerprint density at radius 2 is 2.03 bits per heavy atom. The van der Waals surface area contributed by atoms with Gasteiger partial charge in [0, 0.05) is 12.7 Å². The van der Waals surface area contributed by atoms with Crippen LogP contribution < -0.4 is 5.32 Å². The van der Waals surface area contributed by atoms with Crippen LogP contribution in [-0.4, -0.2) is 56.3 Å². The van der Waals surface area contributed by atoms with Gasteiger partial charge in [0.1, 0.15) is 23.2 Å². The maximum absolute atomic E-state index is 14.7. The molecule has 174 valence electrons. The summed E-state index contributed by atoms with van der Waals surface area (Å²) >= 11 is 0. The van der Waals surface area contributed by atoms with Crippen LogP contribution in [0.1, 0.15) is 46.1 Å². The van der Waals surface area contributed by atoms with Gasteiger partial charge in [-0.1, -0.05) is 13.0 Å². The van der Waals surface area contributed by atoms with Crippen molar-refractivity contribution in [2.75, 3.05) is 18.4 Å². The monoisotopic (exact) mass is 451 g/mol. The van der Waals surface area contributed by atoms with Crippen molar-refractivity contribution in [2.45, 2.75) is 63.8 Å². The van der Waals surface area contributed by atoms with Gasteiger partial charge in [-0.05, 0) is 68.9 Å². The lowest BCUT2D eigenvalue weighted by Gasteiger charge is -2.24. The highest BCUT2D eigenvalue weighted by Crippen LogP contribution is 2.47. The van der Waals surface area contributed by atoms with Crippen molar-refractivity contribution in [1.29, 1.82) is 0 Å². The number of nitrogens with one attached hydrogen (secondary N) is 1. The third-order valence-corrected chi connectivity index (χ3v) is 6.46. The molecule has 2 aliphatic rings. The summed E-state index contributed by atoms with van der Waals surface area (Å²) in [6, 6.07) is 9.36. The highest BCUT2D eigenvalue weighted by atomic mass is 19.1. The summed E-state index contributed by atoms with van der Waals surface area (Å²) in [6.07, 6.45) is 4.59. The highest BCUT2D eigenvalue weighted by Gasteiger charge is 2.39. The van der Waals surface area contributed by atoms with E-state index in [4.69, 9.17) is 9.72 Å². The molecule has 1 saturated carbocycles. The van der Waals surface area contributed by atoms with Crippen molar-refractivity contribution in [3.8, 4) is 11.4 Å². The number of anilines is 1. The normalized spacial score (nSPS) is 21.9. The molecule has 8 heteroatoms. The number of aromatic nitrogens is 3. The zero-order valence-electron chi connectivity index (χ0n) is 19.5. The molecule has 0 spiro atoms. The van der Waals surface area contributed by atoms with Gasteiger partial charge in [0.25, 0.3) is 0 Å². The summed E-state index contributed by atoms with van der Waals surface area (Å²) in [4.78, 5) is 23.0. The molecule has 7 nitrogen and oxygen atoms in total. The molecule has 1 aliphatic heterocycles. The molecule has 1 aliphatic carbocycles. The number of likely N-dealkylation sites (tertiary alicyclic amines) is 1. The highest BCUT2D eigenvalue weighted by molar-refractivity contribution is 5.69. The fourth-order valence-corrected chi connectivity index (χ4v) is 4.25. The molecule has 0 radical (unpaired) electrons. The van der Waals surface area contributed by atoms with E-state index in [0.717, 1.165) is 17.0 Å². The maximum atomic E-state index is 14.7. The molecular formula is C25H30FN5O2. The molecule has 1 N–H and O–H groups in total. The van der Waals surface area contributed by atoms with E-state index in [2.05, 4.69) is 29.4 Å². The molecule has 4 heterocycles. The number of ether oxygens (including phenoxy) is 1. The van der Waals surface area contributed by atoms with Crippen molar-refractivity contribution in [2.24, 2.45) is 0 Å². The first kappa shape index (κ1) is 21.7. The number of hydrogen-bond acceptors (Lipinski definition) is 5. The smallest absolute Gasteiger partial charge is 0.410 e. The van der Waals surface area contributed by atoms with Gasteiger partial charge in [-0.15, -0.1) is 0 Å². The quantitative estimate of drug-likeness (QED) is 0.616. The molecular weight excluding hydrogens is 421 g/mol. The van der Waals surface area contributed by atoms with Crippen LogP contribution in [0.15, 0.2) is 42.7 Å². The number of alkyl halides is 1. The lowest BCUT2D eigenvalue weighted by Crippen LogP contribution is -2.36. The summed E-state index contributed by atoms with van der Waals surface area (Å²) in [5.74, 6) is 0.559. The lowest BCUT2D eigenvalue weighted by atomic mass is 10.00. The third kappa shape index (κ3) is 4.38. The number of carbonyl (C=O) groups excluding carboxylic acids is 1. The summed E-state index contributed by atoms with van der Waals surface area (Å²) in [5, 5.41) is 3.16. The van der Waals surface area contributed by atoms with Gasteiger partial charge in [0.2, 0.25) is 0 Å². The van der Waals surface area contributed by atoms with Gasteiger partial charge >= 0.3 is 6.09 Å². The molecule has 2 fully saturated rings. The van der Waals surface area contributed by atoms with Gasteiger partial charge in [-0.25, -0.2) is 19.2 Å². The molecule has 1 saturated heterocycles. The van der Waals surface area contributed by atoms with E-state index in [9.17, 15) is 9.18 Å². The second kappa shape index (κ2) is 7.71. The molecule has 3 aromatic heterocycles. The average molecular weight is 452 g/mol. The molecule has 2 atom stereocenters. The second-order valence-corrected chi connectivity index (χ2v) is 10.4. The lowest BCUT2D eigenvalue weighted by molar-refractivity contribution is 0.0283.